The lowest BCUT2D eigenvalue weighted by atomic mass is 10.7. The van der Waals surface area contributed by atoms with Gasteiger partial charge in [-0.1, -0.05) is 6.58 Å². The first-order valence-corrected chi connectivity index (χ1v) is 3.34. The monoisotopic (exact) mass is 166 g/mol. The van der Waals surface area contributed by atoms with E-state index in [9.17, 15) is 13.2 Å². The zero-order valence-corrected chi connectivity index (χ0v) is 5.87. The Balaban J connectivity index is 3.49. The predicted molar refractivity (Wildman–Crippen MR) is 32.6 cm³/mol. The van der Waals surface area contributed by atoms with Gasteiger partial charge in [0, 0.05) is 0 Å². The van der Waals surface area contributed by atoms with Gasteiger partial charge in [0.15, 0.2) is 6.61 Å². The Morgan fingerprint density at radius 2 is 2.20 bits per heavy atom. The molecule has 0 rings (SSSR count). The van der Waals surface area contributed by atoms with Crippen LogP contribution in [-0.2, 0) is 24.7 Å². The van der Waals surface area contributed by atoms with Gasteiger partial charge in [-0.25, -0.2) is 13.2 Å². The zero-order chi connectivity index (χ0) is 7.98. The van der Waals surface area contributed by atoms with Gasteiger partial charge in [0.2, 0.25) is 0 Å². The summed E-state index contributed by atoms with van der Waals surface area (Å²) in [6.07, 6.45) is 0.892. The Bertz CT molecular complexity index is 186. The van der Waals surface area contributed by atoms with Crippen molar-refractivity contribution in [1.29, 1.82) is 0 Å². The van der Waals surface area contributed by atoms with E-state index in [1.54, 1.807) is 0 Å². The second kappa shape index (κ2) is 4.95. The Labute approximate surface area is 59.4 Å². The van der Waals surface area contributed by atoms with Gasteiger partial charge < -0.3 is 4.74 Å². The molecule has 0 fully saturated rings. The van der Waals surface area contributed by atoms with Crippen LogP contribution in [0.1, 0.15) is 0 Å². The lowest BCUT2D eigenvalue weighted by molar-refractivity contribution is -0.140. The molecule has 0 aliphatic heterocycles. The maximum Gasteiger partial charge on any atom is 0.338 e. The van der Waals surface area contributed by atoms with Crippen LogP contribution in [0.4, 0.5) is 0 Å². The molecular weight excluding hydrogens is 160 g/mol. The number of hydrogen-bond donors (Lipinski definition) is 1. The normalized spacial score (nSPS) is 9.30. The molecule has 0 aliphatic rings. The van der Waals surface area contributed by atoms with Crippen LogP contribution in [0.15, 0.2) is 12.8 Å². The van der Waals surface area contributed by atoms with E-state index in [0.717, 1.165) is 6.26 Å². The highest BCUT2D eigenvalue weighted by molar-refractivity contribution is 7.67. The SMILES string of the molecule is C=COC(=O)CO[SH](=O)=O. The number of esters is 1. The van der Waals surface area contributed by atoms with Gasteiger partial charge in [-0.05, 0) is 0 Å². The summed E-state index contributed by atoms with van der Waals surface area (Å²) in [5.41, 5.74) is 0. The van der Waals surface area contributed by atoms with Crippen molar-refractivity contribution >= 4 is 17.0 Å². The van der Waals surface area contributed by atoms with Crippen LogP contribution in [-0.4, -0.2) is 21.0 Å². The van der Waals surface area contributed by atoms with Crippen LogP contribution in [0.3, 0.4) is 0 Å². The highest BCUT2D eigenvalue weighted by Gasteiger charge is 1.99. The molecule has 0 aromatic carbocycles. The molecule has 0 spiro atoms. The summed E-state index contributed by atoms with van der Waals surface area (Å²) in [7, 11) is -2.98. The highest BCUT2D eigenvalue weighted by atomic mass is 32.2. The summed E-state index contributed by atoms with van der Waals surface area (Å²) in [6, 6.07) is 0. The molecule has 0 bridgehead atoms. The molecule has 0 unspecified atom stereocenters. The summed E-state index contributed by atoms with van der Waals surface area (Å²) in [4.78, 5) is 10.3. The van der Waals surface area contributed by atoms with Crippen molar-refractivity contribution in [3.8, 4) is 0 Å². The summed E-state index contributed by atoms with van der Waals surface area (Å²) in [5.74, 6) is -0.797. The molecular formula is C4H6O5S. The van der Waals surface area contributed by atoms with Gasteiger partial charge in [0.25, 0.3) is 11.0 Å². The molecule has 10 heavy (non-hydrogen) atoms. The summed E-state index contributed by atoms with van der Waals surface area (Å²) in [6.45, 7) is 2.47. The molecule has 0 aromatic heterocycles. The molecule has 0 N–H and O–H groups in total. The van der Waals surface area contributed by atoms with E-state index in [0.29, 0.717) is 0 Å². The molecule has 0 amide bonds. The van der Waals surface area contributed by atoms with Gasteiger partial charge in [0.1, 0.15) is 0 Å². The summed E-state index contributed by atoms with van der Waals surface area (Å²) >= 11 is 0. The van der Waals surface area contributed by atoms with E-state index in [-0.39, 0.29) is 0 Å². The standard InChI is InChI=1S/C4H6O5S/c1-2-8-4(5)3-9-10(6)7/h2,10H,1,3H2. The summed E-state index contributed by atoms with van der Waals surface area (Å²) < 4.78 is 27.4. The average molecular weight is 166 g/mol. The quantitative estimate of drug-likeness (QED) is 0.337. The maximum absolute atomic E-state index is 10.3. The van der Waals surface area contributed by atoms with Crippen molar-refractivity contribution in [2.45, 2.75) is 0 Å². The van der Waals surface area contributed by atoms with E-state index in [2.05, 4.69) is 15.5 Å². The van der Waals surface area contributed by atoms with E-state index in [4.69, 9.17) is 0 Å². The third-order valence-corrected chi connectivity index (χ3v) is 0.843. The van der Waals surface area contributed by atoms with E-state index < -0.39 is 23.6 Å². The molecule has 0 aromatic rings. The smallest absolute Gasteiger partial charge is 0.338 e. The molecule has 0 aliphatic carbocycles. The fourth-order valence-electron chi connectivity index (χ4n) is 0.232. The zero-order valence-electron chi connectivity index (χ0n) is 4.98. The fourth-order valence-corrected chi connectivity index (χ4v) is 0.443. The van der Waals surface area contributed by atoms with Gasteiger partial charge in [-0.3, -0.25) is 4.18 Å². The molecule has 0 heterocycles. The molecule has 0 saturated heterocycles. The Morgan fingerprint density at radius 3 is 2.60 bits per heavy atom. The van der Waals surface area contributed by atoms with E-state index in [1.807, 2.05) is 0 Å². The first kappa shape index (κ1) is 9.12. The lowest BCUT2D eigenvalue weighted by Crippen LogP contribution is -2.08. The van der Waals surface area contributed by atoms with Gasteiger partial charge in [-0.2, -0.15) is 0 Å². The molecule has 0 atom stereocenters. The van der Waals surface area contributed by atoms with Crippen molar-refractivity contribution in [2.24, 2.45) is 0 Å². The van der Waals surface area contributed by atoms with Crippen molar-refractivity contribution in [3.63, 3.8) is 0 Å². The molecule has 0 radical (unpaired) electrons. The highest BCUT2D eigenvalue weighted by Crippen LogP contribution is 1.80. The van der Waals surface area contributed by atoms with Crippen molar-refractivity contribution in [1.82, 2.24) is 0 Å². The van der Waals surface area contributed by atoms with E-state index >= 15 is 0 Å². The Morgan fingerprint density at radius 1 is 1.60 bits per heavy atom. The first-order valence-electron chi connectivity index (χ1n) is 2.24. The van der Waals surface area contributed by atoms with E-state index in [1.165, 1.54) is 0 Å². The average Bonchev–Trinajstić information content (AvgIpc) is 1.85. The maximum atomic E-state index is 10.3. The summed E-state index contributed by atoms with van der Waals surface area (Å²) in [5, 5.41) is 0. The van der Waals surface area contributed by atoms with Crippen molar-refractivity contribution < 1.29 is 22.1 Å². The third-order valence-electron chi connectivity index (χ3n) is 0.503. The lowest BCUT2D eigenvalue weighted by Gasteiger charge is -1.93. The van der Waals surface area contributed by atoms with Gasteiger partial charge >= 0.3 is 5.97 Å². The minimum absolute atomic E-state index is 0.606. The van der Waals surface area contributed by atoms with Crippen LogP contribution >= 0.6 is 0 Å². The topological polar surface area (TPSA) is 69.7 Å². The van der Waals surface area contributed by atoms with Crippen LogP contribution in [0.2, 0.25) is 0 Å². The number of carbonyl (C=O) groups is 1. The third kappa shape index (κ3) is 5.26. The molecule has 6 heteroatoms. The van der Waals surface area contributed by atoms with Crippen molar-refractivity contribution in [3.05, 3.63) is 12.8 Å². The van der Waals surface area contributed by atoms with Crippen LogP contribution in [0.25, 0.3) is 0 Å². The number of rotatable bonds is 4. The second-order valence-corrected chi connectivity index (χ2v) is 1.86. The van der Waals surface area contributed by atoms with Crippen LogP contribution < -0.4 is 0 Å². The molecule has 58 valence electrons. The van der Waals surface area contributed by atoms with Crippen LogP contribution in [0, 0.1) is 0 Å². The van der Waals surface area contributed by atoms with Gasteiger partial charge in [0.05, 0.1) is 6.26 Å². The Hall–Kier alpha value is -0.880. The first-order chi connectivity index (χ1) is 4.66. The number of hydrogen-bond acceptors (Lipinski definition) is 5. The minimum atomic E-state index is -2.98. The van der Waals surface area contributed by atoms with Crippen LogP contribution in [0.5, 0.6) is 0 Å². The second-order valence-electron chi connectivity index (χ2n) is 1.15. The fraction of sp³-hybridized carbons (Fsp3) is 0.250. The number of thiol groups is 1. The molecule has 5 nitrogen and oxygen atoms in total. The minimum Gasteiger partial charge on any atom is -0.433 e. The molecule has 0 saturated carbocycles. The van der Waals surface area contributed by atoms with Crippen molar-refractivity contribution in [2.75, 3.05) is 6.61 Å². The number of carbonyl (C=O) groups excluding carboxylic acids is 1. The van der Waals surface area contributed by atoms with Gasteiger partial charge in [-0.15, -0.1) is 0 Å². The Kier molecular flexibility index (Phi) is 4.51. The largest absolute Gasteiger partial charge is 0.433 e. The predicted octanol–water partition coefficient (Wildman–Crippen LogP) is -0.784. The number of ether oxygens (including phenoxy) is 1.